The van der Waals surface area contributed by atoms with Gasteiger partial charge in [0.15, 0.2) is 5.82 Å². The number of aromatic nitrogens is 2. The second-order valence-corrected chi connectivity index (χ2v) is 3.40. The molecule has 2 rings (SSSR count). The lowest BCUT2D eigenvalue weighted by atomic mass is 10.1. The fourth-order valence-electron chi connectivity index (χ4n) is 1.21. The predicted octanol–water partition coefficient (Wildman–Crippen LogP) is 3.22. The van der Waals surface area contributed by atoms with E-state index in [1.54, 1.807) is 0 Å². The maximum Gasteiger partial charge on any atom is 0.417 e. The predicted molar refractivity (Wildman–Crippen MR) is 50.3 cm³/mol. The van der Waals surface area contributed by atoms with E-state index in [0.29, 0.717) is 0 Å². The van der Waals surface area contributed by atoms with Crippen LogP contribution in [0.4, 0.5) is 13.2 Å². The molecule has 2 nitrogen and oxygen atoms in total. The molecule has 0 amide bonds. The smallest absolute Gasteiger partial charge is 0.223 e. The molecule has 0 aliphatic carbocycles. The Hall–Kier alpha value is -1.43. The fourth-order valence-corrected chi connectivity index (χ4v) is 1.65. The quantitative estimate of drug-likeness (QED) is 0.751. The Morgan fingerprint density at radius 2 is 1.87 bits per heavy atom. The highest BCUT2D eigenvalue weighted by Gasteiger charge is 2.33. The Morgan fingerprint density at radius 3 is 2.47 bits per heavy atom. The van der Waals surface area contributed by atoms with Crippen LogP contribution in [0.3, 0.4) is 0 Å². The Bertz CT molecular complexity index is 451. The van der Waals surface area contributed by atoms with Crippen LogP contribution >= 0.6 is 11.5 Å². The number of halogens is 3. The summed E-state index contributed by atoms with van der Waals surface area (Å²) in [6, 6.07) is 5.27. The summed E-state index contributed by atoms with van der Waals surface area (Å²) in [5.41, 5.74) is 0.720. The second-order valence-electron chi connectivity index (χ2n) is 2.80. The minimum absolute atomic E-state index is 0.0197. The van der Waals surface area contributed by atoms with Crippen LogP contribution in [0.5, 0.6) is 0 Å². The first kappa shape index (κ1) is 10.1. The zero-order valence-electron chi connectivity index (χ0n) is 7.32. The van der Waals surface area contributed by atoms with E-state index in [1.165, 1.54) is 23.7 Å². The molecule has 0 fully saturated rings. The maximum atomic E-state index is 12.6. The molecule has 1 aromatic carbocycles. The molecule has 0 N–H and O–H groups in total. The molecule has 0 aliphatic heterocycles. The summed E-state index contributed by atoms with van der Waals surface area (Å²) in [5.74, 6) is 0.118. The number of nitrogens with zero attached hydrogens (tertiary/aromatic N) is 2. The number of hydrogen-bond donors (Lipinski definition) is 0. The van der Waals surface area contributed by atoms with Crippen molar-refractivity contribution >= 4 is 11.5 Å². The van der Waals surface area contributed by atoms with Gasteiger partial charge < -0.3 is 0 Å². The lowest BCUT2D eigenvalue weighted by molar-refractivity contribution is -0.137. The average molecular weight is 230 g/mol. The van der Waals surface area contributed by atoms with Crippen molar-refractivity contribution < 1.29 is 13.2 Å². The van der Waals surface area contributed by atoms with Crippen LogP contribution < -0.4 is 0 Å². The fraction of sp³-hybridized carbons (Fsp3) is 0.111. The second kappa shape index (κ2) is 3.62. The number of hydrogen-bond acceptors (Lipinski definition) is 3. The SMILES string of the molecule is FC(F)(F)c1ccccc1-c1ncsn1. The Kier molecular flexibility index (Phi) is 2.44. The molecule has 2 aromatic rings. The average Bonchev–Trinajstić information content (AvgIpc) is 2.69. The third kappa shape index (κ3) is 1.99. The maximum absolute atomic E-state index is 12.6. The first-order chi connectivity index (χ1) is 7.09. The van der Waals surface area contributed by atoms with Crippen LogP contribution in [0.25, 0.3) is 11.4 Å². The molecule has 0 saturated carbocycles. The highest BCUT2D eigenvalue weighted by Crippen LogP contribution is 2.35. The van der Waals surface area contributed by atoms with Crippen LogP contribution in [-0.4, -0.2) is 9.36 Å². The minimum atomic E-state index is -4.37. The van der Waals surface area contributed by atoms with Gasteiger partial charge in [0.2, 0.25) is 0 Å². The molecule has 0 bridgehead atoms. The van der Waals surface area contributed by atoms with Crippen LogP contribution in [0.2, 0.25) is 0 Å². The Balaban J connectivity index is 2.58. The topological polar surface area (TPSA) is 25.8 Å². The summed E-state index contributed by atoms with van der Waals surface area (Å²) in [6.07, 6.45) is -4.37. The number of benzene rings is 1. The molecule has 1 aromatic heterocycles. The van der Waals surface area contributed by atoms with Gasteiger partial charge in [0.05, 0.1) is 5.56 Å². The summed E-state index contributed by atoms with van der Waals surface area (Å²) < 4.78 is 41.6. The number of rotatable bonds is 1. The van der Waals surface area contributed by atoms with Crippen molar-refractivity contribution in [3.05, 3.63) is 35.3 Å². The van der Waals surface area contributed by atoms with Gasteiger partial charge in [-0.1, -0.05) is 18.2 Å². The van der Waals surface area contributed by atoms with Crippen LogP contribution in [0.1, 0.15) is 5.56 Å². The van der Waals surface area contributed by atoms with E-state index < -0.39 is 11.7 Å². The van der Waals surface area contributed by atoms with Gasteiger partial charge in [0, 0.05) is 5.56 Å². The van der Waals surface area contributed by atoms with E-state index in [2.05, 4.69) is 9.36 Å². The molecule has 0 saturated heterocycles. The van der Waals surface area contributed by atoms with Gasteiger partial charge in [-0.2, -0.15) is 17.5 Å². The highest BCUT2D eigenvalue weighted by atomic mass is 32.1. The first-order valence-corrected chi connectivity index (χ1v) is 4.85. The third-order valence-electron chi connectivity index (χ3n) is 1.83. The van der Waals surface area contributed by atoms with Crippen molar-refractivity contribution in [3.63, 3.8) is 0 Å². The molecule has 0 atom stereocenters. The summed E-state index contributed by atoms with van der Waals surface area (Å²) in [5, 5.41) is 0. The summed E-state index contributed by atoms with van der Waals surface area (Å²) in [7, 11) is 0. The van der Waals surface area contributed by atoms with Crippen molar-refractivity contribution in [3.8, 4) is 11.4 Å². The zero-order chi connectivity index (χ0) is 10.9. The lowest BCUT2D eigenvalue weighted by Crippen LogP contribution is -2.07. The molecule has 78 valence electrons. The normalized spacial score (nSPS) is 11.7. The van der Waals surface area contributed by atoms with E-state index >= 15 is 0 Å². The summed E-state index contributed by atoms with van der Waals surface area (Å²) in [6.45, 7) is 0. The molecule has 0 unspecified atom stereocenters. The molecule has 1 heterocycles. The molecule has 0 aliphatic rings. The first-order valence-electron chi connectivity index (χ1n) is 4.02. The highest BCUT2D eigenvalue weighted by molar-refractivity contribution is 7.03. The Labute approximate surface area is 87.6 Å². The lowest BCUT2D eigenvalue weighted by Gasteiger charge is -2.09. The van der Waals surface area contributed by atoms with Crippen molar-refractivity contribution in [2.75, 3.05) is 0 Å². The monoisotopic (exact) mass is 230 g/mol. The number of alkyl halides is 3. The molecular weight excluding hydrogens is 225 g/mol. The van der Waals surface area contributed by atoms with E-state index in [1.807, 2.05) is 0 Å². The standard InChI is InChI=1S/C9H5F3N2S/c10-9(11,12)7-4-2-1-3-6(7)8-13-5-15-14-8/h1-5H. The van der Waals surface area contributed by atoms with Crippen LogP contribution in [0.15, 0.2) is 29.8 Å². The van der Waals surface area contributed by atoms with Gasteiger partial charge in [-0.25, -0.2) is 4.98 Å². The van der Waals surface area contributed by atoms with Gasteiger partial charge in [0.25, 0.3) is 0 Å². The van der Waals surface area contributed by atoms with Crippen molar-refractivity contribution in [1.29, 1.82) is 0 Å². The largest absolute Gasteiger partial charge is 0.417 e. The van der Waals surface area contributed by atoms with Crippen LogP contribution in [-0.2, 0) is 6.18 Å². The van der Waals surface area contributed by atoms with E-state index in [-0.39, 0.29) is 11.4 Å². The molecular formula is C9H5F3N2S. The zero-order valence-corrected chi connectivity index (χ0v) is 8.14. The minimum Gasteiger partial charge on any atom is -0.223 e. The summed E-state index contributed by atoms with van der Waals surface area (Å²) >= 11 is 1.03. The van der Waals surface area contributed by atoms with Crippen molar-refractivity contribution in [1.82, 2.24) is 9.36 Å². The van der Waals surface area contributed by atoms with Crippen molar-refractivity contribution in [2.45, 2.75) is 6.18 Å². The van der Waals surface area contributed by atoms with Gasteiger partial charge in [-0.3, -0.25) is 0 Å². The van der Waals surface area contributed by atoms with Crippen molar-refractivity contribution in [2.24, 2.45) is 0 Å². The van der Waals surface area contributed by atoms with E-state index in [0.717, 1.165) is 17.6 Å². The molecule has 15 heavy (non-hydrogen) atoms. The van der Waals surface area contributed by atoms with Gasteiger partial charge >= 0.3 is 6.18 Å². The van der Waals surface area contributed by atoms with Crippen LogP contribution in [0, 0.1) is 0 Å². The van der Waals surface area contributed by atoms with E-state index in [9.17, 15) is 13.2 Å². The molecule has 6 heteroatoms. The van der Waals surface area contributed by atoms with E-state index in [4.69, 9.17) is 0 Å². The van der Waals surface area contributed by atoms with Gasteiger partial charge in [-0.15, -0.1) is 0 Å². The third-order valence-corrected chi connectivity index (χ3v) is 2.31. The molecule has 0 radical (unpaired) electrons. The summed E-state index contributed by atoms with van der Waals surface area (Å²) in [4.78, 5) is 3.77. The van der Waals surface area contributed by atoms with Gasteiger partial charge in [-0.05, 0) is 17.6 Å². The molecule has 0 spiro atoms. The Morgan fingerprint density at radius 1 is 1.13 bits per heavy atom. The van der Waals surface area contributed by atoms with Gasteiger partial charge in [0.1, 0.15) is 5.51 Å².